The SMILES string of the molecule is Cc1c(C#N)c(NCCc2ccccc2)nc(Nc2ccccc2)c1N=Nc1ccc([N+](=O)[O-])cc1C(F)(F)F. The highest BCUT2D eigenvalue weighted by molar-refractivity contribution is 5.77. The zero-order valence-electron chi connectivity index (χ0n) is 21.1. The number of benzene rings is 3. The summed E-state index contributed by atoms with van der Waals surface area (Å²) in [5, 5.41) is 35.0. The molecule has 0 saturated carbocycles. The highest BCUT2D eigenvalue weighted by Crippen LogP contribution is 2.41. The number of pyridine rings is 1. The molecule has 0 aliphatic heterocycles. The molecular formula is C28H22F3N7O2. The molecule has 1 heterocycles. The predicted molar refractivity (Wildman–Crippen MR) is 144 cm³/mol. The van der Waals surface area contributed by atoms with Crippen molar-refractivity contribution in [3.05, 3.63) is 111 Å². The van der Waals surface area contributed by atoms with Crippen molar-refractivity contribution in [3.63, 3.8) is 0 Å². The van der Waals surface area contributed by atoms with E-state index in [1.54, 1.807) is 31.2 Å². The van der Waals surface area contributed by atoms with E-state index in [0.717, 1.165) is 17.7 Å². The van der Waals surface area contributed by atoms with Gasteiger partial charge in [-0.15, -0.1) is 10.2 Å². The van der Waals surface area contributed by atoms with Crippen molar-refractivity contribution in [1.29, 1.82) is 5.26 Å². The summed E-state index contributed by atoms with van der Waals surface area (Å²) in [6.07, 6.45) is -4.25. The Morgan fingerprint density at radius 3 is 2.30 bits per heavy atom. The number of hydrogen-bond acceptors (Lipinski definition) is 8. The van der Waals surface area contributed by atoms with Crippen molar-refractivity contribution in [3.8, 4) is 6.07 Å². The number of anilines is 3. The third kappa shape index (κ3) is 6.57. The topological polar surface area (TPSA) is 129 Å². The van der Waals surface area contributed by atoms with Crippen LogP contribution in [0, 0.1) is 28.4 Å². The van der Waals surface area contributed by atoms with Crippen molar-refractivity contribution < 1.29 is 18.1 Å². The lowest BCUT2D eigenvalue weighted by Gasteiger charge is -2.16. The Balaban J connectivity index is 1.76. The number of hydrogen-bond donors (Lipinski definition) is 2. The van der Waals surface area contributed by atoms with Crippen LogP contribution in [0.4, 0.5) is 47.6 Å². The number of nitrogens with zero attached hydrogens (tertiary/aromatic N) is 5. The van der Waals surface area contributed by atoms with Gasteiger partial charge in [-0.25, -0.2) is 4.98 Å². The van der Waals surface area contributed by atoms with Crippen LogP contribution >= 0.6 is 0 Å². The molecule has 4 rings (SSSR count). The van der Waals surface area contributed by atoms with Gasteiger partial charge in [-0.05, 0) is 37.1 Å². The van der Waals surface area contributed by atoms with Crippen LogP contribution in [0.3, 0.4) is 0 Å². The number of non-ortho nitro benzene ring substituents is 1. The lowest BCUT2D eigenvalue weighted by molar-refractivity contribution is -0.385. The molecule has 0 saturated heterocycles. The zero-order chi connectivity index (χ0) is 28.7. The second-order valence-corrected chi connectivity index (χ2v) is 8.58. The van der Waals surface area contributed by atoms with E-state index in [1.807, 2.05) is 36.4 Å². The van der Waals surface area contributed by atoms with Gasteiger partial charge in [-0.3, -0.25) is 10.1 Å². The minimum Gasteiger partial charge on any atom is -0.369 e. The van der Waals surface area contributed by atoms with Gasteiger partial charge in [0.05, 0.1) is 21.7 Å². The number of alkyl halides is 3. The molecule has 0 atom stereocenters. The van der Waals surface area contributed by atoms with Gasteiger partial charge in [-0.1, -0.05) is 48.5 Å². The summed E-state index contributed by atoms with van der Waals surface area (Å²) < 4.78 is 41.0. The smallest absolute Gasteiger partial charge is 0.369 e. The second-order valence-electron chi connectivity index (χ2n) is 8.58. The van der Waals surface area contributed by atoms with E-state index in [0.29, 0.717) is 30.3 Å². The molecule has 4 aromatic rings. The van der Waals surface area contributed by atoms with Crippen molar-refractivity contribution in [2.75, 3.05) is 17.2 Å². The normalized spacial score (nSPS) is 11.3. The molecule has 2 N–H and O–H groups in total. The number of azo groups is 1. The Kier molecular flexibility index (Phi) is 8.34. The molecule has 0 radical (unpaired) electrons. The summed E-state index contributed by atoms with van der Waals surface area (Å²) in [7, 11) is 0. The molecule has 0 aliphatic rings. The molecule has 0 amide bonds. The van der Waals surface area contributed by atoms with Crippen LogP contribution in [-0.4, -0.2) is 16.5 Å². The van der Waals surface area contributed by atoms with E-state index in [-0.39, 0.29) is 22.9 Å². The first-order chi connectivity index (χ1) is 19.2. The number of halogens is 3. The van der Waals surface area contributed by atoms with Gasteiger partial charge in [0, 0.05) is 29.9 Å². The largest absolute Gasteiger partial charge is 0.418 e. The van der Waals surface area contributed by atoms with E-state index in [1.165, 1.54) is 0 Å². The summed E-state index contributed by atoms with van der Waals surface area (Å²) in [5.41, 5.74) is -0.425. The average Bonchev–Trinajstić information content (AvgIpc) is 2.93. The number of aromatic nitrogens is 1. The number of nitrogens with one attached hydrogen (secondary N) is 2. The van der Waals surface area contributed by atoms with Gasteiger partial charge in [0.1, 0.15) is 17.6 Å². The average molecular weight is 546 g/mol. The van der Waals surface area contributed by atoms with E-state index in [9.17, 15) is 28.5 Å². The monoisotopic (exact) mass is 545 g/mol. The maximum Gasteiger partial charge on any atom is 0.418 e. The molecule has 0 aliphatic carbocycles. The van der Waals surface area contributed by atoms with Crippen molar-refractivity contribution in [2.45, 2.75) is 19.5 Å². The number of nitro benzene ring substituents is 1. The summed E-state index contributed by atoms with van der Waals surface area (Å²) in [4.78, 5) is 14.6. The fourth-order valence-corrected chi connectivity index (χ4v) is 3.85. The van der Waals surface area contributed by atoms with E-state index >= 15 is 0 Å². The fourth-order valence-electron chi connectivity index (χ4n) is 3.85. The maximum atomic E-state index is 13.7. The minimum absolute atomic E-state index is 0.0421. The highest BCUT2D eigenvalue weighted by atomic mass is 19.4. The van der Waals surface area contributed by atoms with Crippen LogP contribution in [0.5, 0.6) is 0 Å². The minimum atomic E-state index is -4.91. The first-order valence-electron chi connectivity index (χ1n) is 12.0. The Labute approximate surface area is 227 Å². The first-order valence-corrected chi connectivity index (χ1v) is 12.0. The molecule has 40 heavy (non-hydrogen) atoms. The van der Waals surface area contributed by atoms with Gasteiger partial charge < -0.3 is 10.6 Å². The lowest BCUT2D eigenvalue weighted by atomic mass is 10.1. The quantitative estimate of drug-likeness (QED) is 0.125. The number of rotatable bonds is 9. The van der Waals surface area contributed by atoms with Crippen molar-refractivity contribution >= 4 is 34.4 Å². The number of para-hydroxylation sites is 1. The van der Waals surface area contributed by atoms with Crippen LogP contribution in [0.1, 0.15) is 22.3 Å². The van der Waals surface area contributed by atoms with Crippen LogP contribution in [0.25, 0.3) is 0 Å². The van der Waals surface area contributed by atoms with Gasteiger partial charge in [0.15, 0.2) is 5.82 Å². The van der Waals surface area contributed by atoms with Crippen molar-refractivity contribution in [2.24, 2.45) is 10.2 Å². The standard InChI is InChI=1S/C28H22F3N7O2/c1-18-22(17-32)26(33-15-14-19-8-4-2-5-9-19)35-27(34-20-10-6-3-7-11-20)25(18)37-36-24-13-12-21(38(39)40)16-23(24)28(29,30)31/h2-13,16H,14-15H2,1H3,(H2,33,34,35). The third-order valence-corrected chi connectivity index (χ3v) is 5.87. The molecule has 1 aromatic heterocycles. The summed E-state index contributed by atoms with van der Waals surface area (Å²) in [6.45, 7) is 2.06. The second kappa shape index (κ2) is 12.0. The van der Waals surface area contributed by atoms with Crippen LogP contribution in [-0.2, 0) is 12.6 Å². The van der Waals surface area contributed by atoms with Gasteiger partial charge in [-0.2, -0.15) is 18.4 Å². The van der Waals surface area contributed by atoms with Crippen LogP contribution in [0.2, 0.25) is 0 Å². The van der Waals surface area contributed by atoms with E-state index in [2.05, 4.69) is 31.9 Å². The lowest BCUT2D eigenvalue weighted by Crippen LogP contribution is -2.10. The van der Waals surface area contributed by atoms with Crippen molar-refractivity contribution in [1.82, 2.24) is 4.98 Å². The molecular weight excluding hydrogens is 523 g/mol. The summed E-state index contributed by atoms with van der Waals surface area (Å²) in [6, 6.07) is 22.9. The van der Waals surface area contributed by atoms with Gasteiger partial charge in [0.2, 0.25) is 0 Å². The molecule has 12 heteroatoms. The first kappa shape index (κ1) is 27.7. The fraction of sp³-hybridized carbons (Fsp3) is 0.143. The predicted octanol–water partition coefficient (Wildman–Crippen LogP) is 8.00. The highest BCUT2D eigenvalue weighted by Gasteiger charge is 2.35. The Morgan fingerprint density at radius 1 is 1.00 bits per heavy atom. The number of nitriles is 1. The molecule has 202 valence electrons. The summed E-state index contributed by atoms with van der Waals surface area (Å²) in [5.74, 6) is 0.434. The molecule has 0 unspecified atom stereocenters. The summed E-state index contributed by atoms with van der Waals surface area (Å²) >= 11 is 0. The van der Waals surface area contributed by atoms with Gasteiger partial charge >= 0.3 is 6.18 Å². The molecule has 0 fully saturated rings. The third-order valence-electron chi connectivity index (χ3n) is 5.87. The van der Waals surface area contributed by atoms with Crippen LogP contribution < -0.4 is 10.6 Å². The Morgan fingerprint density at radius 2 is 1.68 bits per heavy atom. The zero-order valence-corrected chi connectivity index (χ0v) is 21.1. The maximum absolute atomic E-state index is 13.7. The van der Waals surface area contributed by atoms with E-state index < -0.39 is 28.0 Å². The molecule has 0 bridgehead atoms. The van der Waals surface area contributed by atoms with Gasteiger partial charge in [0.25, 0.3) is 5.69 Å². The van der Waals surface area contributed by atoms with Crippen LogP contribution in [0.15, 0.2) is 89.1 Å². The molecule has 9 nitrogen and oxygen atoms in total. The number of nitro groups is 1. The Hall–Kier alpha value is -5.31. The Bertz CT molecular complexity index is 1590. The van der Waals surface area contributed by atoms with E-state index in [4.69, 9.17) is 0 Å². The molecule has 0 spiro atoms. The molecule has 3 aromatic carbocycles.